The molecule has 220 valence electrons. The molecule has 0 aliphatic heterocycles. The van der Waals surface area contributed by atoms with E-state index < -0.39 is 29.0 Å². The molecule has 5 nitrogen and oxygen atoms in total. The molecule has 1 N–H and O–H groups in total. The number of hydrogen-bond acceptors (Lipinski definition) is 5. The lowest BCUT2D eigenvalue weighted by molar-refractivity contribution is 0.0955. The zero-order valence-electron chi connectivity index (χ0n) is 23.5. The molecule has 6 rings (SSSR count). The lowest BCUT2D eigenvalue weighted by Gasteiger charge is -2.49. The predicted octanol–water partition coefficient (Wildman–Crippen LogP) is 7.87. The molecule has 0 heterocycles. The molecular formula is C33H32F4N2O3. The molecule has 2 saturated carbocycles. The predicted molar refractivity (Wildman–Crippen MR) is 151 cm³/mol. The van der Waals surface area contributed by atoms with Crippen LogP contribution in [0.4, 0.5) is 17.6 Å². The number of halogens is 4. The van der Waals surface area contributed by atoms with Crippen molar-refractivity contribution in [2.45, 2.75) is 58.0 Å². The number of fused-ring (bicyclic) bond motifs is 5. The Bertz CT molecular complexity index is 1560. The molecule has 3 aromatic rings. The summed E-state index contributed by atoms with van der Waals surface area (Å²) >= 11 is 0. The minimum absolute atomic E-state index is 0.0137. The van der Waals surface area contributed by atoms with Crippen LogP contribution in [-0.2, 0) is 13.0 Å². The summed E-state index contributed by atoms with van der Waals surface area (Å²) in [4.78, 5) is 0. The number of ether oxygens (including phenoxy) is 2. The maximum absolute atomic E-state index is 14.1. The number of nitrogens with zero attached hydrogens (tertiary/aromatic N) is 2. The number of phenolic OH excluding ortho intramolecular Hbond substituents is 1. The van der Waals surface area contributed by atoms with Crippen LogP contribution in [0, 0.1) is 40.5 Å². The van der Waals surface area contributed by atoms with Crippen molar-refractivity contribution in [3.63, 3.8) is 0 Å². The third-order valence-electron chi connectivity index (χ3n) is 9.58. The summed E-state index contributed by atoms with van der Waals surface area (Å²) in [7, 11) is 1.43. The molecule has 0 bridgehead atoms. The Morgan fingerprint density at radius 1 is 0.976 bits per heavy atom. The van der Waals surface area contributed by atoms with Gasteiger partial charge >= 0.3 is 0 Å². The topological polar surface area (TPSA) is 63.4 Å². The van der Waals surface area contributed by atoms with Crippen molar-refractivity contribution in [2.24, 2.45) is 27.5 Å². The first-order chi connectivity index (χ1) is 20.2. The fraction of sp³-hybridized carbons (Fsp3) is 0.394. The zero-order chi connectivity index (χ0) is 29.6. The molecule has 0 radical (unpaired) electrons. The van der Waals surface area contributed by atoms with Gasteiger partial charge in [-0.15, -0.1) is 0 Å². The van der Waals surface area contributed by atoms with E-state index in [1.54, 1.807) is 30.5 Å². The summed E-state index contributed by atoms with van der Waals surface area (Å²) in [5, 5.41) is 19.0. The molecule has 0 spiro atoms. The highest BCUT2D eigenvalue weighted by atomic mass is 19.2. The van der Waals surface area contributed by atoms with Crippen LogP contribution in [0.2, 0.25) is 0 Å². The summed E-state index contributed by atoms with van der Waals surface area (Å²) in [5.41, 5.74) is 4.83. The van der Waals surface area contributed by atoms with Gasteiger partial charge in [-0.25, -0.2) is 8.78 Å². The molecule has 42 heavy (non-hydrogen) atoms. The fourth-order valence-corrected chi connectivity index (χ4v) is 7.51. The average Bonchev–Trinajstić information content (AvgIpc) is 3.32. The lowest BCUT2D eigenvalue weighted by Crippen LogP contribution is -2.42. The van der Waals surface area contributed by atoms with Crippen LogP contribution in [-0.4, -0.2) is 24.1 Å². The number of methoxy groups -OCH3 is 1. The van der Waals surface area contributed by atoms with Crippen molar-refractivity contribution in [2.75, 3.05) is 7.11 Å². The third kappa shape index (κ3) is 4.92. The van der Waals surface area contributed by atoms with E-state index in [4.69, 9.17) is 9.47 Å². The van der Waals surface area contributed by atoms with Crippen LogP contribution in [0.15, 0.2) is 52.7 Å². The van der Waals surface area contributed by atoms with Gasteiger partial charge in [0.1, 0.15) is 18.1 Å². The van der Waals surface area contributed by atoms with Crippen LogP contribution in [0.25, 0.3) is 0 Å². The van der Waals surface area contributed by atoms with Gasteiger partial charge in [0.2, 0.25) is 11.6 Å². The summed E-state index contributed by atoms with van der Waals surface area (Å²) in [5.74, 6) is -5.06. The molecular weight excluding hydrogens is 548 g/mol. The Morgan fingerprint density at radius 3 is 2.52 bits per heavy atom. The van der Waals surface area contributed by atoms with Crippen molar-refractivity contribution in [1.29, 1.82) is 0 Å². The second kappa shape index (κ2) is 11.1. The number of aromatic hydroxyl groups is 1. The van der Waals surface area contributed by atoms with Crippen molar-refractivity contribution < 1.29 is 32.1 Å². The quantitative estimate of drug-likeness (QED) is 0.140. The van der Waals surface area contributed by atoms with Crippen LogP contribution >= 0.6 is 0 Å². The summed E-state index contributed by atoms with van der Waals surface area (Å²) in [6.45, 7) is 1.93. The molecule has 0 amide bonds. The summed E-state index contributed by atoms with van der Waals surface area (Å²) in [6, 6.07) is 11.0. The number of aryl methyl sites for hydroxylation is 1. The molecule has 0 aromatic heterocycles. The number of rotatable bonds is 6. The van der Waals surface area contributed by atoms with Gasteiger partial charge in [-0.1, -0.05) is 13.0 Å². The standard InChI is InChI=1S/C33H32F4N2O3/c1-33-12-11-23-22-7-5-21(40)14-19(22)4-6-24(23)25(33)8-10-29(33)39-38-16-18-3-9-28(41-2)20(13-18)17-42-32-30(36)26(34)15-27(35)31(32)37/h3,5,7,9,13-16,23-25,40H,4,6,8,10-12,17H2,1-2H3. The Hall–Kier alpha value is -3.88. The number of benzene rings is 3. The van der Waals surface area contributed by atoms with Gasteiger partial charge in [0.25, 0.3) is 0 Å². The highest BCUT2D eigenvalue weighted by molar-refractivity contribution is 5.93. The van der Waals surface area contributed by atoms with E-state index in [9.17, 15) is 22.7 Å². The van der Waals surface area contributed by atoms with Crippen LogP contribution < -0.4 is 9.47 Å². The van der Waals surface area contributed by atoms with Crippen LogP contribution in [0.1, 0.15) is 67.2 Å². The maximum Gasteiger partial charge on any atom is 0.203 e. The first-order valence-corrected chi connectivity index (χ1v) is 14.2. The molecule has 3 aliphatic carbocycles. The summed E-state index contributed by atoms with van der Waals surface area (Å²) in [6.07, 6.45) is 7.79. The Labute approximate surface area is 241 Å². The Morgan fingerprint density at radius 2 is 1.76 bits per heavy atom. The van der Waals surface area contributed by atoms with Crippen LogP contribution in [0.3, 0.4) is 0 Å². The van der Waals surface area contributed by atoms with Gasteiger partial charge in [-0.05, 0) is 103 Å². The van der Waals surface area contributed by atoms with E-state index in [-0.39, 0.29) is 18.1 Å². The lowest BCUT2D eigenvalue weighted by atomic mass is 9.55. The second-order valence-corrected chi connectivity index (χ2v) is 11.7. The van der Waals surface area contributed by atoms with E-state index >= 15 is 0 Å². The zero-order valence-corrected chi connectivity index (χ0v) is 23.5. The normalized spacial score (nSPS) is 25.8. The maximum atomic E-state index is 14.1. The smallest absolute Gasteiger partial charge is 0.203 e. The minimum atomic E-state index is -1.60. The second-order valence-electron chi connectivity index (χ2n) is 11.7. The molecule has 9 heteroatoms. The monoisotopic (exact) mass is 580 g/mol. The van der Waals surface area contributed by atoms with Crippen molar-refractivity contribution in [1.82, 2.24) is 0 Å². The fourth-order valence-electron chi connectivity index (χ4n) is 7.51. The van der Waals surface area contributed by atoms with E-state index in [0.29, 0.717) is 40.4 Å². The van der Waals surface area contributed by atoms with Crippen LogP contribution in [0.5, 0.6) is 17.2 Å². The van der Waals surface area contributed by atoms with Gasteiger partial charge in [0, 0.05) is 22.8 Å². The number of hydrogen-bond donors (Lipinski definition) is 1. The Balaban J connectivity index is 1.18. The van der Waals surface area contributed by atoms with E-state index in [2.05, 4.69) is 23.2 Å². The van der Waals surface area contributed by atoms with Gasteiger partial charge in [-0.3, -0.25) is 0 Å². The van der Waals surface area contributed by atoms with Gasteiger partial charge in [-0.2, -0.15) is 19.0 Å². The van der Waals surface area contributed by atoms with Crippen molar-refractivity contribution in [3.05, 3.63) is 88.0 Å². The number of phenols is 1. The summed E-state index contributed by atoms with van der Waals surface area (Å²) < 4.78 is 65.8. The average molecular weight is 581 g/mol. The Kier molecular flexibility index (Phi) is 7.45. The molecule has 3 aromatic carbocycles. The molecule has 3 aliphatic rings. The highest BCUT2D eigenvalue weighted by Crippen LogP contribution is 2.60. The first-order valence-electron chi connectivity index (χ1n) is 14.2. The van der Waals surface area contributed by atoms with E-state index in [0.717, 1.165) is 44.2 Å². The molecule has 0 saturated heterocycles. The molecule has 2 fully saturated rings. The van der Waals surface area contributed by atoms with Gasteiger partial charge in [0.15, 0.2) is 17.4 Å². The third-order valence-corrected chi connectivity index (χ3v) is 9.58. The van der Waals surface area contributed by atoms with Crippen molar-refractivity contribution in [3.8, 4) is 17.2 Å². The largest absolute Gasteiger partial charge is 0.508 e. The minimum Gasteiger partial charge on any atom is -0.508 e. The van der Waals surface area contributed by atoms with E-state index in [1.807, 2.05) is 6.07 Å². The van der Waals surface area contributed by atoms with Crippen molar-refractivity contribution >= 4 is 11.9 Å². The highest BCUT2D eigenvalue weighted by Gasteiger charge is 2.53. The van der Waals surface area contributed by atoms with Gasteiger partial charge in [0.05, 0.1) is 13.3 Å². The van der Waals surface area contributed by atoms with Gasteiger partial charge < -0.3 is 14.6 Å². The SMILES string of the molecule is COc1ccc(C=NN=C2CCC3C4CCc5cc(O)ccc5C4CCC23C)cc1COc1c(F)c(F)cc(F)c1F. The molecule has 4 atom stereocenters. The van der Waals surface area contributed by atoms with E-state index in [1.165, 1.54) is 18.2 Å². The molecule has 4 unspecified atom stereocenters. The first kappa shape index (κ1) is 28.2.